The minimum absolute atomic E-state index is 0.0555. The summed E-state index contributed by atoms with van der Waals surface area (Å²) < 4.78 is 11.3. The summed E-state index contributed by atoms with van der Waals surface area (Å²) in [5.41, 5.74) is 0.440. The number of hydrogen-bond donors (Lipinski definition) is 0. The van der Waals surface area contributed by atoms with Crippen LogP contribution in [0.4, 0.5) is 4.79 Å². The van der Waals surface area contributed by atoms with Crippen LogP contribution in [0.15, 0.2) is 24.3 Å². The lowest BCUT2D eigenvalue weighted by atomic mass is 9.89. The van der Waals surface area contributed by atoms with Gasteiger partial charge in [-0.05, 0) is 38.5 Å². The van der Waals surface area contributed by atoms with Crippen LogP contribution in [0.2, 0.25) is 5.02 Å². The highest BCUT2D eigenvalue weighted by atomic mass is 35.5. The molecule has 21 heavy (non-hydrogen) atoms. The zero-order chi connectivity index (χ0) is 15.3. The Balaban J connectivity index is 1.65. The molecule has 0 spiro atoms. The monoisotopic (exact) mass is 309 g/mol. The maximum Gasteiger partial charge on any atom is 0.410 e. The van der Waals surface area contributed by atoms with Gasteiger partial charge < -0.3 is 14.4 Å². The summed E-state index contributed by atoms with van der Waals surface area (Å²) in [6.45, 7) is 6.85. The van der Waals surface area contributed by atoms with Crippen LogP contribution < -0.4 is 0 Å². The predicted octanol–water partition coefficient (Wildman–Crippen LogP) is 3.57. The minimum Gasteiger partial charge on any atom is -0.444 e. The van der Waals surface area contributed by atoms with E-state index in [1.165, 1.54) is 0 Å². The number of ether oxygens (including phenoxy) is 2. The Kier molecular flexibility index (Phi) is 3.41. The second-order valence-electron chi connectivity index (χ2n) is 6.68. The van der Waals surface area contributed by atoms with Gasteiger partial charge in [0.15, 0.2) is 0 Å². The van der Waals surface area contributed by atoms with E-state index in [0.29, 0.717) is 13.1 Å². The molecule has 5 heteroatoms. The van der Waals surface area contributed by atoms with Crippen LogP contribution in [0.5, 0.6) is 0 Å². The first kappa shape index (κ1) is 14.7. The summed E-state index contributed by atoms with van der Waals surface area (Å²) in [7, 11) is 0. The molecule has 0 bridgehead atoms. The fourth-order valence-electron chi connectivity index (χ4n) is 2.84. The zero-order valence-electron chi connectivity index (χ0n) is 12.6. The van der Waals surface area contributed by atoms with Crippen LogP contribution in [-0.2, 0) is 15.1 Å². The topological polar surface area (TPSA) is 42.1 Å². The molecule has 2 aliphatic heterocycles. The van der Waals surface area contributed by atoms with Crippen molar-refractivity contribution in [2.75, 3.05) is 13.1 Å². The fourth-order valence-corrected chi connectivity index (χ4v) is 2.97. The summed E-state index contributed by atoms with van der Waals surface area (Å²) in [4.78, 5) is 13.8. The van der Waals surface area contributed by atoms with Crippen molar-refractivity contribution < 1.29 is 14.3 Å². The van der Waals surface area contributed by atoms with Gasteiger partial charge in [0.1, 0.15) is 17.3 Å². The van der Waals surface area contributed by atoms with Gasteiger partial charge in [-0.15, -0.1) is 0 Å². The molecule has 0 aromatic heterocycles. The minimum atomic E-state index is -0.466. The lowest BCUT2D eigenvalue weighted by Gasteiger charge is -2.31. The van der Waals surface area contributed by atoms with Crippen LogP contribution in [0.3, 0.4) is 0 Å². The standard InChI is InChI=1S/C16H20ClNO3/c1-15(2,3)21-14(19)18-9-8-16(13(10-18)20-16)11-4-6-12(17)7-5-11/h4-7,13H,8-10H2,1-3H3/t13-,16+/m1/s1. The quantitative estimate of drug-likeness (QED) is 0.745. The van der Waals surface area contributed by atoms with Crippen molar-refractivity contribution in [3.8, 4) is 0 Å². The second kappa shape index (κ2) is 4.89. The Hall–Kier alpha value is -1.26. The first-order chi connectivity index (χ1) is 9.80. The fraction of sp³-hybridized carbons (Fsp3) is 0.562. The molecule has 4 nitrogen and oxygen atoms in total. The van der Waals surface area contributed by atoms with E-state index in [1.807, 2.05) is 45.0 Å². The average molecular weight is 310 g/mol. The van der Waals surface area contributed by atoms with Crippen LogP contribution in [0.1, 0.15) is 32.8 Å². The molecule has 2 aliphatic rings. The second-order valence-corrected chi connectivity index (χ2v) is 7.12. The molecule has 3 rings (SSSR count). The van der Waals surface area contributed by atoms with E-state index in [1.54, 1.807) is 4.90 Å². The van der Waals surface area contributed by atoms with Crippen LogP contribution in [-0.4, -0.2) is 35.8 Å². The van der Waals surface area contributed by atoms with Crippen molar-refractivity contribution in [3.63, 3.8) is 0 Å². The number of halogens is 1. The van der Waals surface area contributed by atoms with Gasteiger partial charge in [0.2, 0.25) is 0 Å². The molecule has 0 saturated carbocycles. The van der Waals surface area contributed by atoms with Crippen LogP contribution in [0, 0.1) is 0 Å². The summed E-state index contributed by atoms with van der Waals surface area (Å²) in [5, 5.41) is 0.721. The third-order valence-corrected chi connectivity index (χ3v) is 4.19. The van der Waals surface area contributed by atoms with Gasteiger partial charge in [0.05, 0.1) is 6.54 Å². The number of nitrogens with zero attached hydrogens (tertiary/aromatic N) is 1. The molecule has 1 aromatic carbocycles. The number of epoxide rings is 1. The van der Waals surface area contributed by atoms with E-state index in [4.69, 9.17) is 21.1 Å². The number of carbonyl (C=O) groups is 1. The van der Waals surface area contributed by atoms with E-state index in [-0.39, 0.29) is 17.8 Å². The first-order valence-electron chi connectivity index (χ1n) is 7.22. The highest BCUT2D eigenvalue weighted by Crippen LogP contribution is 2.52. The van der Waals surface area contributed by atoms with E-state index < -0.39 is 5.60 Å². The molecule has 1 aromatic rings. The molecule has 2 fully saturated rings. The number of hydrogen-bond acceptors (Lipinski definition) is 3. The van der Waals surface area contributed by atoms with Crippen molar-refractivity contribution in [3.05, 3.63) is 34.9 Å². The molecule has 0 radical (unpaired) electrons. The number of likely N-dealkylation sites (tertiary alicyclic amines) is 1. The van der Waals surface area contributed by atoms with Crippen molar-refractivity contribution in [2.45, 2.75) is 44.5 Å². The number of fused-ring (bicyclic) bond motifs is 1. The molecule has 0 N–H and O–H groups in total. The number of carbonyl (C=O) groups excluding carboxylic acids is 1. The summed E-state index contributed by atoms with van der Waals surface area (Å²) in [6, 6.07) is 7.77. The van der Waals surface area contributed by atoms with Gasteiger partial charge in [0.25, 0.3) is 0 Å². The van der Waals surface area contributed by atoms with Gasteiger partial charge in [0, 0.05) is 18.0 Å². The highest BCUT2D eigenvalue weighted by Gasteiger charge is 2.60. The van der Waals surface area contributed by atoms with Crippen LogP contribution >= 0.6 is 11.6 Å². The number of piperidine rings is 1. The molecular weight excluding hydrogens is 290 g/mol. The lowest BCUT2D eigenvalue weighted by Crippen LogP contribution is -2.44. The maximum absolute atomic E-state index is 12.1. The third-order valence-electron chi connectivity index (χ3n) is 3.94. The Labute approximate surface area is 130 Å². The Morgan fingerprint density at radius 3 is 2.62 bits per heavy atom. The smallest absolute Gasteiger partial charge is 0.410 e. The summed E-state index contributed by atoms with van der Waals surface area (Å²) in [6.07, 6.45) is 0.584. The van der Waals surface area contributed by atoms with Gasteiger partial charge in [-0.3, -0.25) is 0 Å². The number of rotatable bonds is 1. The Morgan fingerprint density at radius 1 is 1.38 bits per heavy atom. The van der Waals surface area contributed by atoms with Crippen molar-refractivity contribution in [2.24, 2.45) is 0 Å². The average Bonchev–Trinajstić information content (AvgIpc) is 3.11. The van der Waals surface area contributed by atoms with E-state index in [0.717, 1.165) is 17.0 Å². The summed E-state index contributed by atoms with van der Waals surface area (Å²) >= 11 is 5.93. The zero-order valence-corrected chi connectivity index (χ0v) is 13.3. The van der Waals surface area contributed by atoms with Crippen molar-refractivity contribution in [1.29, 1.82) is 0 Å². The highest BCUT2D eigenvalue weighted by molar-refractivity contribution is 6.30. The Bertz CT molecular complexity index is 552. The molecular formula is C16H20ClNO3. The van der Waals surface area contributed by atoms with Crippen molar-refractivity contribution >= 4 is 17.7 Å². The normalized spacial score (nSPS) is 28.0. The number of amides is 1. The van der Waals surface area contributed by atoms with Gasteiger partial charge in [-0.1, -0.05) is 23.7 Å². The molecule has 2 atom stereocenters. The van der Waals surface area contributed by atoms with Gasteiger partial charge >= 0.3 is 6.09 Å². The molecule has 2 saturated heterocycles. The van der Waals surface area contributed by atoms with Crippen LogP contribution in [0.25, 0.3) is 0 Å². The molecule has 0 aliphatic carbocycles. The molecule has 1 amide bonds. The first-order valence-corrected chi connectivity index (χ1v) is 7.60. The van der Waals surface area contributed by atoms with E-state index in [9.17, 15) is 4.79 Å². The van der Waals surface area contributed by atoms with Gasteiger partial charge in [-0.2, -0.15) is 0 Å². The largest absolute Gasteiger partial charge is 0.444 e. The van der Waals surface area contributed by atoms with Gasteiger partial charge in [-0.25, -0.2) is 4.79 Å². The molecule has 114 valence electrons. The van der Waals surface area contributed by atoms with Crippen molar-refractivity contribution in [1.82, 2.24) is 4.90 Å². The maximum atomic E-state index is 12.1. The van der Waals surface area contributed by atoms with E-state index >= 15 is 0 Å². The third kappa shape index (κ3) is 2.87. The molecule has 2 heterocycles. The lowest BCUT2D eigenvalue weighted by molar-refractivity contribution is 0.0217. The molecule has 0 unspecified atom stereocenters. The van der Waals surface area contributed by atoms with E-state index in [2.05, 4.69) is 0 Å². The predicted molar refractivity (Wildman–Crippen MR) is 80.4 cm³/mol. The SMILES string of the molecule is CC(C)(C)OC(=O)N1CC[C@@]2(c3ccc(Cl)cc3)O[C@@H]2C1. The number of benzene rings is 1. The Morgan fingerprint density at radius 2 is 2.05 bits per heavy atom. The summed E-state index contributed by atoms with van der Waals surface area (Å²) in [5.74, 6) is 0.